The summed E-state index contributed by atoms with van der Waals surface area (Å²) in [6.45, 7) is 8.65. The Balaban J connectivity index is 1.84. The van der Waals surface area contributed by atoms with Crippen molar-refractivity contribution < 1.29 is 9.53 Å². The fourth-order valence-corrected chi connectivity index (χ4v) is 3.65. The molecule has 0 saturated heterocycles. The molecule has 0 bridgehead atoms. The van der Waals surface area contributed by atoms with E-state index in [9.17, 15) is 9.59 Å². The quantitative estimate of drug-likeness (QED) is 0.823. The van der Waals surface area contributed by atoms with Crippen molar-refractivity contribution in [2.24, 2.45) is 0 Å². The van der Waals surface area contributed by atoms with Gasteiger partial charge < -0.3 is 15.0 Å². The number of rotatable bonds is 3. The van der Waals surface area contributed by atoms with Gasteiger partial charge in [-0.05, 0) is 53.5 Å². The van der Waals surface area contributed by atoms with Crippen LogP contribution >= 0.6 is 15.9 Å². The number of carbonyl (C=O) groups is 1. The molecular weight excluding hydrogens is 384 g/mol. The minimum Gasteiger partial charge on any atom is -0.491 e. The molecule has 1 amide bonds. The number of aryl methyl sites for hydroxylation is 2. The van der Waals surface area contributed by atoms with Gasteiger partial charge in [-0.3, -0.25) is 9.59 Å². The Morgan fingerprint density at radius 1 is 1.32 bits per heavy atom. The summed E-state index contributed by atoms with van der Waals surface area (Å²) in [6, 6.07) is 5.52. The number of amides is 1. The summed E-state index contributed by atoms with van der Waals surface area (Å²) >= 11 is 3.49. The number of H-pyrrole nitrogens is 1. The number of hydrogen-bond acceptors (Lipinski definition) is 3. The van der Waals surface area contributed by atoms with Gasteiger partial charge in [-0.2, -0.15) is 0 Å². The van der Waals surface area contributed by atoms with Crippen LogP contribution in [0.4, 0.5) is 0 Å². The monoisotopic (exact) mass is 404 g/mol. The zero-order chi connectivity index (χ0) is 18.4. The summed E-state index contributed by atoms with van der Waals surface area (Å²) in [7, 11) is 0. The van der Waals surface area contributed by atoms with Crippen LogP contribution in [0.5, 0.6) is 5.75 Å². The third-order valence-electron chi connectivity index (χ3n) is 4.53. The Kier molecular flexibility index (Phi) is 4.49. The molecule has 0 spiro atoms. The number of ether oxygens (including phenoxy) is 1. The summed E-state index contributed by atoms with van der Waals surface area (Å²) in [5, 5.41) is 2.84. The normalized spacial score (nSPS) is 14.8. The van der Waals surface area contributed by atoms with E-state index < -0.39 is 0 Å². The number of nitrogens with one attached hydrogen (secondary N) is 2. The molecule has 1 aliphatic rings. The number of fused-ring (bicyclic) bond motifs is 1. The second kappa shape index (κ2) is 6.33. The molecule has 0 atom stereocenters. The van der Waals surface area contributed by atoms with Gasteiger partial charge in [0, 0.05) is 34.3 Å². The van der Waals surface area contributed by atoms with Gasteiger partial charge in [0.1, 0.15) is 5.75 Å². The smallest absolute Gasteiger partial charge is 0.253 e. The molecule has 2 heterocycles. The maximum atomic E-state index is 12.6. The first-order valence-corrected chi connectivity index (χ1v) is 8.93. The molecule has 0 radical (unpaired) electrons. The van der Waals surface area contributed by atoms with E-state index in [1.807, 2.05) is 26.0 Å². The van der Waals surface area contributed by atoms with Crippen LogP contribution in [0.15, 0.2) is 27.5 Å². The van der Waals surface area contributed by atoms with Gasteiger partial charge in [0.25, 0.3) is 11.5 Å². The number of carbonyl (C=O) groups excluding carboxylic acids is 1. The first-order valence-electron chi connectivity index (χ1n) is 8.13. The van der Waals surface area contributed by atoms with E-state index in [1.54, 1.807) is 6.07 Å². The SMILES string of the molecule is Cc1cc(C)c(CNC(=O)c2cc(Br)c3c(c2)C(C)(C)CO3)c(=O)[nH]1. The van der Waals surface area contributed by atoms with E-state index in [2.05, 4.69) is 40.1 Å². The molecule has 2 N–H and O–H groups in total. The van der Waals surface area contributed by atoms with Crippen molar-refractivity contribution in [3.63, 3.8) is 0 Å². The Bertz CT molecular complexity index is 916. The van der Waals surface area contributed by atoms with Crippen molar-refractivity contribution in [1.82, 2.24) is 10.3 Å². The molecule has 1 aromatic carbocycles. The highest BCUT2D eigenvalue weighted by atomic mass is 79.9. The van der Waals surface area contributed by atoms with Gasteiger partial charge in [0.2, 0.25) is 0 Å². The summed E-state index contributed by atoms with van der Waals surface area (Å²) in [5.74, 6) is 0.581. The molecule has 0 unspecified atom stereocenters. The highest BCUT2D eigenvalue weighted by molar-refractivity contribution is 9.10. The van der Waals surface area contributed by atoms with E-state index in [0.717, 1.165) is 27.0 Å². The largest absolute Gasteiger partial charge is 0.491 e. The van der Waals surface area contributed by atoms with Crippen molar-refractivity contribution in [1.29, 1.82) is 0 Å². The molecule has 25 heavy (non-hydrogen) atoms. The summed E-state index contributed by atoms with van der Waals surface area (Å²) < 4.78 is 6.50. The van der Waals surface area contributed by atoms with Crippen LogP contribution in [0, 0.1) is 13.8 Å². The van der Waals surface area contributed by atoms with Crippen molar-refractivity contribution in [3.05, 3.63) is 61.0 Å². The maximum Gasteiger partial charge on any atom is 0.253 e. The van der Waals surface area contributed by atoms with Gasteiger partial charge in [-0.1, -0.05) is 13.8 Å². The first kappa shape index (κ1) is 17.7. The molecule has 5 nitrogen and oxygen atoms in total. The molecular formula is C19H21BrN2O3. The average molecular weight is 405 g/mol. The number of aromatic amines is 1. The van der Waals surface area contributed by atoms with Crippen LogP contribution in [0.25, 0.3) is 0 Å². The Hall–Kier alpha value is -2.08. The Labute approximate surface area is 154 Å². The van der Waals surface area contributed by atoms with Gasteiger partial charge in [-0.15, -0.1) is 0 Å². The zero-order valence-corrected chi connectivity index (χ0v) is 16.3. The number of pyridine rings is 1. The van der Waals surface area contributed by atoms with Crippen LogP contribution < -0.4 is 15.6 Å². The minimum absolute atomic E-state index is 0.140. The predicted molar refractivity (Wildman–Crippen MR) is 100 cm³/mol. The van der Waals surface area contributed by atoms with Crippen molar-refractivity contribution in [3.8, 4) is 5.75 Å². The topological polar surface area (TPSA) is 71.2 Å². The lowest BCUT2D eigenvalue weighted by Gasteiger charge is -2.16. The van der Waals surface area contributed by atoms with Gasteiger partial charge >= 0.3 is 0 Å². The second-order valence-corrected chi connectivity index (χ2v) is 7.99. The van der Waals surface area contributed by atoms with E-state index >= 15 is 0 Å². The fourth-order valence-electron chi connectivity index (χ4n) is 3.08. The molecule has 6 heteroatoms. The number of halogens is 1. The molecule has 132 valence electrons. The second-order valence-electron chi connectivity index (χ2n) is 7.13. The summed E-state index contributed by atoms with van der Waals surface area (Å²) in [6.07, 6.45) is 0. The molecule has 0 saturated carbocycles. The van der Waals surface area contributed by atoms with Gasteiger partial charge in [0.15, 0.2) is 0 Å². The van der Waals surface area contributed by atoms with E-state index in [4.69, 9.17) is 4.74 Å². The molecule has 0 fully saturated rings. The third kappa shape index (κ3) is 3.35. The molecule has 2 aromatic rings. The number of benzene rings is 1. The van der Waals surface area contributed by atoms with E-state index in [-0.39, 0.29) is 23.4 Å². The van der Waals surface area contributed by atoms with E-state index in [0.29, 0.717) is 17.7 Å². The number of aromatic nitrogens is 1. The lowest BCUT2D eigenvalue weighted by Crippen LogP contribution is -2.28. The van der Waals surface area contributed by atoms with Crippen molar-refractivity contribution in [2.45, 2.75) is 39.7 Å². The molecule has 1 aromatic heterocycles. The van der Waals surface area contributed by atoms with Gasteiger partial charge in [-0.25, -0.2) is 0 Å². The Morgan fingerprint density at radius 2 is 2.04 bits per heavy atom. The molecule has 1 aliphatic heterocycles. The molecule has 3 rings (SSSR count). The zero-order valence-electron chi connectivity index (χ0n) is 14.7. The predicted octanol–water partition coefficient (Wildman–Crippen LogP) is 3.35. The summed E-state index contributed by atoms with van der Waals surface area (Å²) in [5.41, 5.74) is 3.50. The minimum atomic E-state index is -0.217. The van der Waals surface area contributed by atoms with Crippen molar-refractivity contribution in [2.75, 3.05) is 6.61 Å². The van der Waals surface area contributed by atoms with Crippen LogP contribution in [-0.2, 0) is 12.0 Å². The van der Waals surface area contributed by atoms with E-state index in [1.165, 1.54) is 0 Å². The third-order valence-corrected chi connectivity index (χ3v) is 5.12. The van der Waals surface area contributed by atoms with Crippen molar-refractivity contribution >= 4 is 21.8 Å². The standard InChI is InChI=1S/C19H21BrN2O3/c1-10-5-11(2)22-18(24)13(10)8-21-17(23)12-6-14-16(15(20)7-12)25-9-19(14,3)4/h5-7H,8-9H2,1-4H3,(H,21,23)(H,22,24). The number of hydrogen-bond donors (Lipinski definition) is 2. The van der Waals surface area contributed by atoms with Crippen LogP contribution in [0.3, 0.4) is 0 Å². The van der Waals surface area contributed by atoms with Gasteiger partial charge in [0.05, 0.1) is 11.1 Å². The van der Waals surface area contributed by atoms with Crippen LogP contribution in [-0.4, -0.2) is 17.5 Å². The lowest BCUT2D eigenvalue weighted by molar-refractivity contribution is 0.0950. The van der Waals surface area contributed by atoms with Crippen LogP contribution in [0.1, 0.15) is 46.6 Å². The average Bonchev–Trinajstić information content (AvgIpc) is 2.82. The Morgan fingerprint density at radius 3 is 2.72 bits per heavy atom. The molecule has 0 aliphatic carbocycles. The highest BCUT2D eigenvalue weighted by Gasteiger charge is 2.34. The fraction of sp³-hybridized carbons (Fsp3) is 0.368. The van der Waals surface area contributed by atoms with Crippen LogP contribution in [0.2, 0.25) is 0 Å². The first-order chi connectivity index (χ1) is 11.7. The lowest BCUT2D eigenvalue weighted by atomic mass is 9.86. The summed E-state index contributed by atoms with van der Waals surface area (Å²) in [4.78, 5) is 27.4. The maximum absolute atomic E-state index is 12.6. The highest BCUT2D eigenvalue weighted by Crippen LogP contribution is 2.43.